The molecule has 1 amide bonds. The lowest BCUT2D eigenvalue weighted by Gasteiger charge is -2.31. The first-order valence-electron chi connectivity index (χ1n) is 12.9. The number of thiazole rings is 1. The van der Waals surface area contributed by atoms with Crippen LogP contribution in [0.1, 0.15) is 58.9 Å². The normalized spacial score (nSPS) is 18.3. The molecule has 1 saturated heterocycles. The Morgan fingerprint density at radius 1 is 1.16 bits per heavy atom. The number of rotatable bonds is 7. The van der Waals surface area contributed by atoms with Crippen molar-refractivity contribution in [2.45, 2.75) is 50.2 Å². The van der Waals surface area contributed by atoms with Gasteiger partial charge in [0, 0.05) is 36.9 Å². The molecule has 0 aliphatic carbocycles. The van der Waals surface area contributed by atoms with Crippen molar-refractivity contribution in [1.82, 2.24) is 19.7 Å². The number of amides is 1. The number of piperidine rings is 1. The highest BCUT2D eigenvalue weighted by Gasteiger charge is 2.42. The first-order chi connectivity index (χ1) is 20.5. The summed E-state index contributed by atoms with van der Waals surface area (Å²) in [5, 5.41) is 9.83. The Kier molecular flexibility index (Phi) is 8.62. The molecule has 3 aromatic rings. The zero-order valence-electron chi connectivity index (χ0n) is 22.5. The fourth-order valence-electron chi connectivity index (χ4n) is 4.86. The Morgan fingerprint density at radius 2 is 1.86 bits per heavy atom. The molecular formula is C25H22ClF6N5O5S2. The lowest BCUT2D eigenvalue weighted by Crippen LogP contribution is -2.40. The first kappa shape index (κ1) is 32.0. The van der Waals surface area contributed by atoms with E-state index in [2.05, 4.69) is 15.2 Å². The molecular weight excluding hydrogens is 664 g/mol. The summed E-state index contributed by atoms with van der Waals surface area (Å²) in [6.45, 7) is -0.663. The first-order valence-corrected chi connectivity index (χ1v) is 15.9. The van der Waals surface area contributed by atoms with Gasteiger partial charge in [0.25, 0.3) is 0 Å². The maximum absolute atomic E-state index is 13.3. The monoisotopic (exact) mass is 685 g/mol. The lowest BCUT2D eigenvalue weighted by molar-refractivity contribution is -0.146. The Bertz CT molecular complexity index is 1700. The molecule has 1 aromatic carbocycles. The van der Waals surface area contributed by atoms with Crippen LogP contribution in [-0.2, 0) is 38.6 Å². The molecule has 0 spiro atoms. The Morgan fingerprint density at radius 3 is 2.50 bits per heavy atom. The van der Waals surface area contributed by atoms with Crippen molar-refractivity contribution in [1.29, 1.82) is 0 Å². The molecule has 238 valence electrons. The number of nitrogens with zero attached hydrogens (tertiary/aromatic N) is 5. The number of hydrogen-bond acceptors (Lipinski definition) is 9. The van der Waals surface area contributed by atoms with Crippen LogP contribution >= 0.6 is 22.9 Å². The zero-order chi connectivity index (χ0) is 32.0. The van der Waals surface area contributed by atoms with Crippen LogP contribution in [0.25, 0.3) is 0 Å². The zero-order valence-corrected chi connectivity index (χ0v) is 24.9. The van der Waals surface area contributed by atoms with Crippen molar-refractivity contribution in [3.05, 3.63) is 62.3 Å². The van der Waals surface area contributed by atoms with Crippen molar-refractivity contribution in [2.75, 3.05) is 19.3 Å². The van der Waals surface area contributed by atoms with Crippen LogP contribution in [0.4, 0.5) is 26.3 Å². The predicted octanol–water partition coefficient (Wildman–Crippen LogP) is 5.64. The van der Waals surface area contributed by atoms with Crippen molar-refractivity contribution in [3.63, 3.8) is 0 Å². The van der Waals surface area contributed by atoms with E-state index in [1.165, 1.54) is 28.4 Å². The van der Waals surface area contributed by atoms with Gasteiger partial charge in [-0.25, -0.2) is 4.98 Å². The van der Waals surface area contributed by atoms with Gasteiger partial charge >= 0.3 is 22.5 Å². The van der Waals surface area contributed by atoms with E-state index in [1.54, 1.807) is 11.4 Å². The van der Waals surface area contributed by atoms with Crippen LogP contribution in [-0.4, -0.2) is 59.0 Å². The van der Waals surface area contributed by atoms with Gasteiger partial charge in [0.2, 0.25) is 5.91 Å². The number of oxime groups is 1. The van der Waals surface area contributed by atoms with Gasteiger partial charge in [-0.3, -0.25) is 9.48 Å². The predicted molar refractivity (Wildman–Crippen MR) is 145 cm³/mol. The van der Waals surface area contributed by atoms with Crippen LogP contribution in [0.2, 0.25) is 5.02 Å². The molecule has 1 fully saturated rings. The molecule has 0 radical (unpaired) electrons. The second-order valence-corrected chi connectivity index (χ2v) is 12.9. The van der Waals surface area contributed by atoms with E-state index in [4.69, 9.17) is 20.6 Å². The van der Waals surface area contributed by atoms with Crippen LogP contribution in [0.15, 0.2) is 34.8 Å². The SMILES string of the molecule is CS(=O)(=O)Oc1cccc(Cl)c1C1CC(c2csc(C3CCN(C(=O)Cn4nc(C(F)(F)F)cc4C(F)(F)F)CC3)n2)=NO1. The van der Waals surface area contributed by atoms with Gasteiger partial charge in [-0.05, 0) is 25.0 Å². The number of aromatic nitrogens is 3. The van der Waals surface area contributed by atoms with Gasteiger partial charge in [0.15, 0.2) is 17.5 Å². The molecule has 2 aliphatic heterocycles. The number of hydrogen-bond donors (Lipinski definition) is 0. The fraction of sp³-hybridized carbons (Fsp3) is 0.440. The minimum absolute atomic E-state index is 0.0182. The summed E-state index contributed by atoms with van der Waals surface area (Å²) in [4.78, 5) is 24.2. The van der Waals surface area contributed by atoms with Gasteiger partial charge in [-0.15, -0.1) is 11.3 Å². The Labute approximate surface area is 255 Å². The summed E-state index contributed by atoms with van der Waals surface area (Å²) >= 11 is 7.67. The maximum atomic E-state index is 13.3. The number of halogens is 7. The van der Waals surface area contributed by atoms with Gasteiger partial charge in [0.1, 0.15) is 18.0 Å². The highest BCUT2D eigenvalue weighted by Crippen LogP contribution is 2.41. The molecule has 44 heavy (non-hydrogen) atoms. The van der Waals surface area contributed by atoms with Gasteiger partial charge in [-0.1, -0.05) is 22.8 Å². The Balaban J connectivity index is 1.20. The lowest BCUT2D eigenvalue weighted by atomic mass is 9.97. The summed E-state index contributed by atoms with van der Waals surface area (Å²) in [5.74, 6) is -0.847. The molecule has 19 heteroatoms. The van der Waals surface area contributed by atoms with Crippen molar-refractivity contribution < 1.29 is 48.6 Å². The second kappa shape index (κ2) is 11.8. The molecule has 0 N–H and O–H groups in total. The third-order valence-electron chi connectivity index (χ3n) is 6.91. The van der Waals surface area contributed by atoms with Crippen molar-refractivity contribution in [3.8, 4) is 5.75 Å². The molecule has 1 atom stereocenters. The van der Waals surface area contributed by atoms with E-state index in [0.29, 0.717) is 29.8 Å². The summed E-state index contributed by atoms with van der Waals surface area (Å²) < 4.78 is 107. The maximum Gasteiger partial charge on any atom is 0.435 e. The number of alkyl halides is 6. The van der Waals surface area contributed by atoms with Crippen molar-refractivity contribution in [2.24, 2.45) is 5.16 Å². The molecule has 10 nitrogen and oxygen atoms in total. The fourth-order valence-corrected chi connectivity index (χ4v) is 6.62. The van der Waals surface area contributed by atoms with Crippen LogP contribution < -0.4 is 4.18 Å². The summed E-state index contributed by atoms with van der Waals surface area (Å²) in [6.07, 6.45) is -8.97. The minimum Gasteiger partial charge on any atom is -0.387 e. The highest BCUT2D eigenvalue weighted by atomic mass is 35.5. The largest absolute Gasteiger partial charge is 0.435 e. The summed E-state index contributed by atoms with van der Waals surface area (Å²) in [5.41, 5.74) is -2.04. The average Bonchev–Trinajstić information content (AvgIpc) is 3.67. The van der Waals surface area contributed by atoms with Crippen LogP contribution in [0, 0.1) is 0 Å². The van der Waals surface area contributed by atoms with E-state index < -0.39 is 52.4 Å². The van der Waals surface area contributed by atoms with Crippen LogP contribution in [0.3, 0.4) is 0 Å². The molecule has 4 heterocycles. The van der Waals surface area contributed by atoms with Gasteiger partial charge in [0.05, 0.1) is 27.5 Å². The van der Waals surface area contributed by atoms with E-state index in [1.807, 2.05) is 0 Å². The van der Waals surface area contributed by atoms with E-state index in [-0.39, 0.29) is 46.9 Å². The average molecular weight is 686 g/mol. The summed E-state index contributed by atoms with van der Waals surface area (Å²) in [6, 6.07) is 4.44. The molecule has 0 bridgehead atoms. The topological polar surface area (TPSA) is 116 Å². The minimum atomic E-state index is -5.12. The smallest absolute Gasteiger partial charge is 0.387 e. The van der Waals surface area contributed by atoms with Crippen molar-refractivity contribution >= 4 is 44.7 Å². The number of carbonyl (C=O) groups is 1. The molecule has 5 rings (SSSR count). The standard InChI is InChI=1S/C25H22ClF6N5O5S2/c1-44(39,40)42-17-4-2-3-14(26)22(17)18-9-15(35-41-18)16-12-43-23(33-16)13-5-7-36(8-6-13)21(38)11-37-20(25(30,31)32)10-19(34-37)24(27,28)29/h2-4,10,12-13,18H,5-9,11H2,1H3. The number of carbonyl (C=O) groups excluding carboxylic acids is 1. The molecule has 2 aliphatic rings. The highest BCUT2D eigenvalue weighted by molar-refractivity contribution is 7.86. The summed E-state index contributed by atoms with van der Waals surface area (Å²) in [7, 11) is -3.84. The molecule has 2 aromatic heterocycles. The third kappa shape index (κ3) is 7.12. The van der Waals surface area contributed by atoms with E-state index in [9.17, 15) is 39.6 Å². The molecule has 0 saturated carbocycles. The quantitative estimate of drug-likeness (QED) is 0.234. The third-order valence-corrected chi connectivity index (χ3v) is 8.72. The second-order valence-electron chi connectivity index (χ2n) is 10.1. The van der Waals surface area contributed by atoms with Crippen LogP contribution in [0.5, 0.6) is 5.75 Å². The number of benzene rings is 1. The molecule has 1 unspecified atom stereocenters. The van der Waals surface area contributed by atoms with E-state index >= 15 is 0 Å². The Hall–Kier alpha value is -3.38. The van der Waals surface area contributed by atoms with E-state index in [0.717, 1.165) is 11.3 Å². The van der Waals surface area contributed by atoms with Gasteiger partial charge in [-0.2, -0.15) is 39.9 Å². The number of likely N-dealkylation sites (tertiary alicyclic amines) is 1. The van der Waals surface area contributed by atoms with Gasteiger partial charge < -0.3 is 13.9 Å².